The molecule has 5 fully saturated rings. The minimum Gasteiger partial charge on any atom is -0.341 e. The number of halogens is 2. The summed E-state index contributed by atoms with van der Waals surface area (Å²) in [4.78, 5) is 13.2. The quantitative estimate of drug-likeness (QED) is 0.708. The molecule has 2 saturated carbocycles. The van der Waals surface area contributed by atoms with Crippen LogP contribution < -0.4 is 5.32 Å². The van der Waals surface area contributed by atoms with Crippen LogP contribution in [0.3, 0.4) is 0 Å². The summed E-state index contributed by atoms with van der Waals surface area (Å²) in [5, 5.41) is 2.52. The number of ether oxygens (including phenoxy) is 5. The molecule has 3 heterocycles. The highest BCUT2D eigenvalue weighted by Gasteiger charge is 2.65. The lowest BCUT2D eigenvalue weighted by molar-refractivity contribution is -0.246. The summed E-state index contributed by atoms with van der Waals surface area (Å²) in [7, 11) is 0. The predicted molar refractivity (Wildman–Crippen MR) is 111 cm³/mol. The van der Waals surface area contributed by atoms with E-state index in [1.165, 1.54) is 6.07 Å². The van der Waals surface area contributed by atoms with Crippen LogP contribution in [0.1, 0.15) is 64.2 Å². The number of hydrogen-bond acceptors (Lipinski definition) is 6. The highest BCUT2D eigenvalue weighted by Crippen LogP contribution is 2.51. The maximum absolute atomic E-state index is 14.2. The van der Waals surface area contributed by atoms with Crippen molar-refractivity contribution in [1.82, 2.24) is 0 Å². The van der Waals surface area contributed by atoms with E-state index < -0.39 is 59.8 Å². The van der Waals surface area contributed by atoms with E-state index in [-0.39, 0.29) is 5.69 Å². The van der Waals surface area contributed by atoms with Gasteiger partial charge in [-0.3, -0.25) is 4.79 Å². The third kappa shape index (κ3) is 3.87. The van der Waals surface area contributed by atoms with Crippen molar-refractivity contribution in [3.63, 3.8) is 0 Å². The molecule has 5 atom stereocenters. The summed E-state index contributed by atoms with van der Waals surface area (Å²) in [6, 6.07) is 3.00. The molecule has 0 aromatic heterocycles. The van der Waals surface area contributed by atoms with E-state index in [1.54, 1.807) is 0 Å². The first kappa shape index (κ1) is 21.9. The number of anilines is 1. The minimum atomic E-state index is -1.08. The molecule has 1 aromatic rings. The van der Waals surface area contributed by atoms with E-state index in [1.807, 2.05) is 0 Å². The lowest BCUT2D eigenvalue weighted by Gasteiger charge is -2.36. The average molecular weight is 465 g/mol. The lowest BCUT2D eigenvalue weighted by atomic mass is 9.94. The molecule has 1 aromatic carbocycles. The molecule has 7 nitrogen and oxygen atoms in total. The van der Waals surface area contributed by atoms with Gasteiger partial charge in [-0.25, -0.2) is 8.78 Å². The van der Waals surface area contributed by atoms with Crippen LogP contribution in [-0.2, 0) is 28.5 Å². The van der Waals surface area contributed by atoms with Crippen LogP contribution in [0, 0.1) is 11.6 Å². The molecule has 180 valence electrons. The fourth-order valence-electron chi connectivity index (χ4n) is 5.96. The first-order chi connectivity index (χ1) is 16.0. The van der Waals surface area contributed by atoms with Gasteiger partial charge < -0.3 is 29.0 Å². The van der Waals surface area contributed by atoms with Gasteiger partial charge >= 0.3 is 0 Å². The second-order valence-electron chi connectivity index (χ2n) is 9.85. The zero-order chi connectivity index (χ0) is 22.6. The van der Waals surface area contributed by atoms with Crippen LogP contribution in [-0.4, -0.2) is 48.2 Å². The summed E-state index contributed by atoms with van der Waals surface area (Å²) in [5.41, 5.74) is -0.123. The van der Waals surface area contributed by atoms with Gasteiger partial charge in [0.25, 0.3) is 5.91 Å². The molecule has 3 aliphatic heterocycles. The topological polar surface area (TPSA) is 75.3 Å². The fraction of sp³-hybridized carbons (Fsp3) is 0.708. The SMILES string of the molecule is O=C(Nc1ccc(F)cc1F)[C@@H]1O[C@@H]2OC3(CCCCC3)O[C@@H]2[C@@H]2OC3(CCCCC3)O[C@@H]21. The van der Waals surface area contributed by atoms with Crippen LogP contribution in [0.25, 0.3) is 0 Å². The Labute approximate surface area is 191 Å². The number of carbonyl (C=O) groups excluding carboxylic acids is 1. The van der Waals surface area contributed by atoms with Crippen molar-refractivity contribution in [1.29, 1.82) is 0 Å². The summed E-state index contributed by atoms with van der Waals surface area (Å²) in [5.74, 6) is -3.65. The number of carbonyl (C=O) groups is 1. The molecule has 6 rings (SSSR count). The monoisotopic (exact) mass is 465 g/mol. The standard InChI is InChI=1S/C24H29F2NO6/c25-14-7-8-16(15(26)13-14)27-21(28)19-17-18(31-23(30-17)9-3-1-4-10-23)20-22(29-19)33-24(32-20)11-5-2-6-12-24/h7-8,13,17-20,22H,1-6,9-12H2,(H,27,28)/t17-,18+,19+,20+,22+/m0/s1. The fourth-order valence-corrected chi connectivity index (χ4v) is 5.96. The van der Waals surface area contributed by atoms with Crippen LogP contribution in [0.4, 0.5) is 14.5 Å². The highest BCUT2D eigenvalue weighted by atomic mass is 19.1. The van der Waals surface area contributed by atoms with Gasteiger partial charge in [0.15, 0.2) is 24.0 Å². The van der Waals surface area contributed by atoms with Crippen LogP contribution in [0.2, 0.25) is 0 Å². The number of hydrogen-bond donors (Lipinski definition) is 1. The van der Waals surface area contributed by atoms with E-state index in [0.29, 0.717) is 0 Å². The maximum Gasteiger partial charge on any atom is 0.256 e. The summed E-state index contributed by atoms with van der Waals surface area (Å²) in [6.07, 6.45) is 5.63. The van der Waals surface area contributed by atoms with E-state index in [9.17, 15) is 13.6 Å². The molecular formula is C24H29F2NO6. The van der Waals surface area contributed by atoms with Crippen molar-refractivity contribution in [3.05, 3.63) is 29.8 Å². The van der Waals surface area contributed by atoms with Crippen molar-refractivity contribution in [3.8, 4) is 0 Å². The second kappa shape index (κ2) is 8.23. The maximum atomic E-state index is 14.2. The molecule has 1 N–H and O–H groups in total. The Morgan fingerprint density at radius 3 is 2.09 bits per heavy atom. The van der Waals surface area contributed by atoms with Gasteiger partial charge in [-0.05, 0) is 37.8 Å². The molecule has 5 aliphatic rings. The zero-order valence-corrected chi connectivity index (χ0v) is 18.4. The lowest BCUT2D eigenvalue weighted by Crippen LogP contribution is -2.58. The number of benzene rings is 1. The highest BCUT2D eigenvalue weighted by molar-refractivity contribution is 5.95. The van der Waals surface area contributed by atoms with Crippen LogP contribution in [0.5, 0.6) is 0 Å². The Kier molecular flexibility index (Phi) is 5.45. The van der Waals surface area contributed by atoms with Crippen molar-refractivity contribution in [2.45, 2.75) is 106 Å². The Balaban J connectivity index is 1.28. The number of fused-ring (bicyclic) bond motifs is 3. The van der Waals surface area contributed by atoms with Gasteiger partial charge in [0.2, 0.25) is 0 Å². The molecule has 9 heteroatoms. The summed E-state index contributed by atoms with van der Waals surface area (Å²) < 4.78 is 59.2. The molecule has 0 unspecified atom stereocenters. The van der Waals surface area contributed by atoms with E-state index in [2.05, 4.69) is 5.32 Å². The largest absolute Gasteiger partial charge is 0.341 e. The summed E-state index contributed by atoms with van der Waals surface area (Å²) >= 11 is 0. The molecular weight excluding hydrogens is 436 g/mol. The molecule has 2 spiro atoms. The molecule has 2 aliphatic carbocycles. The Hall–Kier alpha value is -1.65. The third-order valence-corrected chi connectivity index (χ3v) is 7.56. The minimum absolute atomic E-state index is 0.123. The van der Waals surface area contributed by atoms with Crippen LogP contribution in [0.15, 0.2) is 18.2 Å². The molecule has 3 saturated heterocycles. The van der Waals surface area contributed by atoms with E-state index in [4.69, 9.17) is 23.7 Å². The Bertz CT molecular complexity index is 916. The third-order valence-electron chi connectivity index (χ3n) is 7.56. The van der Waals surface area contributed by atoms with Crippen molar-refractivity contribution in [2.75, 3.05) is 5.32 Å². The van der Waals surface area contributed by atoms with Gasteiger partial charge in [0.05, 0.1) is 5.69 Å². The van der Waals surface area contributed by atoms with Crippen molar-refractivity contribution >= 4 is 11.6 Å². The molecule has 1 amide bonds. The average Bonchev–Trinajstić information content (AvgIpc) is 3.34. The molecule has 0 radical (unpaired) electrons. The molecule has 0 bridgehead atoms. The smallest absolute Gasteiger partial charge is 0.256 e. The number of rotatable bonds is 2. The molecule has 33 heavy (non-hydrogen) atoms. The summed E-state index contributed by atoms with van der Waals surface area (Å²) in [6.45, 7) is 0. The van der Waals surface area contributed by atoms with E-state index >= 15 is 0 Å². The Morgan fingerprint density at radius 2 is 1.42 bits per heavy atom. The van der Waals surface area contributed by atoms with Gasteiger partial charge in [-0.1, -0.05) is 12.8 Å². The van der Waals surface area contributed by atoms with Crippen molar-refractivity contribution < 1.29 is 37.3 Å². The van der Waals surface area contributed by atoms with Gasteiger partial charge in [0.1, 0.15) is 29.9 Å². The van der Waals surface area contributed by atoms with Crippen LogP contribution >= 0.6 is 0 Å². The zero-order valence-electron chi connectivity index (χ0n) is 18.4. The number of amides is 1. The van der Waals surface area contributed by atoms with E-state index in [0.717, 1.165) is 76.3 Å². The first-order valence-corrected chi connectivity index (χ1v) is 12.1. The number of nitrogens with one attached hydrogen (secondary N) is 1. The second-order valence-corrected chi connectivity index (χ2v) is 9.85. The predicted octanol–water partition coefficient (Wildman–Crippen LogP) is 4.15. The Morgan fingerprint density at radius 1 is 0.818 bits per heavy atom. The van der Waals surface area contributed by atoms with Gasteiger partial charge in [0, 0.05) is 31.7 Å². The van der Waals surface area contributed by atoms with Crippen molar-refractivity contribution in [2.24, 2.45) is 0 Å². The first-order valence-electron chi connectivity index (χ1n) is 12.1. The van der Waals surface area contributed by atoms with Gasteiger partial charge in [-0.15, -0.1) is 0 Å². The van der Waals surface area contributed by atoms with Gasteiger partial charge in [-0.2, -0.15) is 0 Å². The normalized spacial score (nSPS) is 36.5.